The third-order valence-corrected chi connectivity index (χ3v) is 1.94. The Morgan fingerprint density at radius 3 is 2.94 bits per heavy atom. The molecule has 0 aliphatic rings. The Hall–Kier alpha value is -2.57. The van der Waals surface area contributed by atoms with Crippen molar-refractivity contribution in [3.8, 4) is 5.88 Å². The predicted molar refractivity (Wildman–Crippen MR) is 57.6 cm³/mol. The summed E-state index contributed by atoms with van der Waals surface area (Å²) >= 11 is 0. The maximum absolute atomic E-state index is 8.44. The van der Waals surface area contributed by atoms with E-state index < -0.39 is 0 Å². The van der Waals surface area contributed by atoms with Gasteiger partial charge in [0.05, 0.1) is 18.7 Å². The zero-order chi connectivity index (χ0) is 12.1. The van der Waals surface area contributed by atoms with Crippen molar-refractivity contribution in [1.29, 1.82) is 0 Å². The highest BCUT2D eigenvalue weighted by Gasteiger charge is 2.03. The minimum atomic E-state index is -0.102. The lowest BCUT2D eigenvalue weighted by Gasteiger charge is -2.03. The van der Waals surface area contributed by atoms with Gasteiger partial charge in [-0.15, -0.1) is 0 Å². The molecule has 0 unspecified atom stereocenters. The topological polar surface area (TPSA) is 107 Å². The van der Waals surface area contributed by atoms with E-state index in [4.69, 9.17) is 20.1 Å². The summed E-state index contributed by atoms with van der Waals surface area (Å²) < 4.78 is 10.4. The summed E-state index contributed by atoms with van der Waals surface area (Å²) in [6, 6.07) is 3.56. The van der Waals surface area contributed by atoms with Crippen LogP contribution < -0.4 is 10.5 Å². The van der Waals surface area contributed by atoms with Crippen LogP contribution in [-0.2, 0) is 6.61 Å². The summed E-state index contributed by atoms with van der Waals surface area (Å²) in [7, 11) is 0. The van der Waals surface area contributed by atoms with Gasteiger partial charge in [0.25, 0.3) is 0 Å². The molecule has 0 aromatic carbocycles. The Labute approximate surface area is 96.5 Å². The van der Waals surface area contributed by atoms with Crippen LogP contribution in [-0.4, -0.2) is 21.0 Å². The molecular formula is C10H10N4O3. The van der Waals surface area contributed by atoms with E-state index >= 15 is 0 Å². The van der Waals surface area contributed by atoms with Gasteiger partial charge in [0.15, 0.2) is 5.84 Å². The number of nitrogens with two attached hydrogens (primary N) is 1. The molecule has 0 aliphatic heterocycles. The molecule has 0 fully saturated rings. The number of rotatable bonds is 4. The lowest BCUT2D eigenvalue weighted by atomic mass is 10.4. The predicted octanol–water partition coefficient (Wildman–Crippen LogP) is 0.743. The van der Waals surface area contributed by atoms with Crippen molar-refractivity contribution in [3.05, 3.63) is 42.2 Å². The van der Waals surface area contributed by atoms with Gasteiger partial charge in [0.2, 0.25) is 5.88 Å². The third kappa shape index (κ3) is 2.71. The smallest absolute Gasteiger partial charge is 0.232 e. The molecule has 0 saturated heterocycles. The van der Waals surface area contributed by atoms with Crippen molar-refractivity contribution in [3.63, 3.8) is 0 Å². The Balaban J connectivity index is 1.99. The van der Waals surface area contributed by atoms with Crippen LogP contribution in [0.4, 0.5) is 0 Å². The van der Waals surface area contributed by atoms with Crippen LogP contribution in [0, 0.1) is 0 Å². The van der Waals surface area contributed by atoms with Crippen molar-refractivity contribution in [2.75, 3.05) is 0 Å². The average molecular weight is 234 g/mol. The number of hydrogen-bond acceptors (Lipinski definition) is 6. The molecule has 0 atom stereocenters. The van der Waals surface area contributed by atoms with Crippen LogP contribution in [0.25, 0.3) is 0 Å². The van der Waals surface area contributed by atoms with Crippen LogP contribution in [0.5, 0.6) is 5.88 Å². The summed E-state index contributed by atoms with van der Waals surface area (Å²) in [6.45, 7) is 0.268. The van der Waals surface area contributed by atoms with Crippen molar-refractivity contribution < 1.29 is 14.4 Å². The van der Waals surface area contributed by atoms with Crippen molar-refractivity contribution >= 4 is 5.84 Å². The molecule has 0 saturated carbocycles. The molecule has 88 valence electrons. The van der Waals surface area contributed by atoms with Gasteiger partial charge < -0.3 is 20.1 Å². The second-order valence-electron chi connectivity index (χ2n) is 3.09. The molecule has 2 aromatic rings. The minimum absolute atomic E-state index is 0.102. The van der Waals surface area contributed by atoms with E-state index in [1.165, 1.54) is 12.4 Å². The van der Waals surface area contributed by atoms with E-state index in [-0.39, 0.29) is 18.1 Å². The highest BCUT2D eigenvalue weighted by Crippen LogP contribution is 2.08. The average Bonchev–Trinajstić information content (AvgIpc) is 2.89. The summed E-state index contributed by atoms with van der Waals surface area (Å²) in [6.07, 6.45) is 4.30. The molecule has 2 aromatic heterocycles. The zero-order valence-electron chi connectivity index (χ0n) is 8.78. The van der Waals surface area contributed by atoms with Gasteiger partial charge in [-0.1, -0.05) is 5.16 Å². The number of amidine groups is 1. The van der Waals surface area contributed by atoms with Crippen molar-refractivity contribution in [1.82, 2.24) is 9.97 Å². The third-order valence-electron chi connectivity index (χ3n) is 1.94. The fourth-order valence-electron chi connectivity index (χ4n) is 1.11. The molecule has 3 N–H and O–H groups in total. The number of hydrogen-bond donors (Lipinski definition) is 2. The minimum Gasteiger partial charge on any atom is -0.468 e. The Morgan fingerprint density at radius 2 is 2.35 bits per heavy atom. The summed E-state index contributed by atoms with van der Waals surface area (Å²) in [4.78, 5) is 7.86. The molecule has 0 amide bonds. The van der Waals surface area contributed by atoms with Gasteiger partial charge in [0.1, 0.15) is 18.1 Å². The first-order valence-electron chi connectivity index (χ1n) is 4.74. The van der Waals surface area contributed by atoms with Crippen LogP contribution in [0.1, 0.15) is 11.5 Å². The SMILES string of the molecule is NC(=NO)c1cnc(OCc2ccco2)cn1. The van der Waals surface area contributed by atoms with Crippen LogP contribution in [0.2, 0.25) is 0 Å². The Bertz CT molecular complexity index is 493. The van der Waals surface area contributed by atoms with E-state index in [9.17, 15) is 0 Å². The molecule has 2 rings (SSSR count). The maximum Gasteiger partial charge on any atom is 0.232 e. The molecule has 2 heterocycles. The number of furan rings is 1. The monoisotopic (exact) mass is 234 g/mol. The molecule has 0 radical (unpaired) electrons. The maximum atomic E-state index is 8.44. The van der Waals surface area contributed by atoms with Gasteiger partial charge >= 0.3 is 0 Å². The first kappa shape index (κ1) is 10.9. The normalized spacial score (nSPS) is 11.4. The molecule has 0 spiro atoms. The van der Waals surface area contributed by atoms with E-state index in [1.807, 2.05) is 0 Å². The molecule has 7 heteroatoms. The van der Waals surface area contributed by atoms with Crippen LogP contribution in [0.3, 0.4) is 0 Å². The second kappa shape index (κ2) is 4.97. The van der Waals surface area contributed by atoms with Gasteiger partial charge in [-0.3, -0.25) is 0 Å². The molecule has 0 aliphatic carbocycles. The van der Waals surface area contributed by atoms with Gasteiger partial charge in [0, 0.05) is 0 Å². The lowest BCUT2D eigenvalue weighted by molar-refractivity contribution is 0.259. The molecule has 17 heavy (non-hydrogen) atoms. The van der Waals surface area contributed by atoms with Crippen molar-refractivity contribution in [2.45, 2.75) is 6.61 Å². The molecule has 0 bridgehead atoms. The first-order valence-corrected chi connectivity index (χ1v) is 4.74. The van der Waals surface area contributed by atoms with E-state index in [0.29, 0.717) is 11.6 Å². The van der Waals surface area contributed by atoms with E-state index in [2.05, 4.69) is 15.1 Å². The highest BCUT2D eigenvalue weighted by atomic mass is 16.5. The first-order chi connectivity index (χ1) is 8.29. The van der Waals surface area contributed by atoms with Crippen molar-refractivity contribution in [2.24, 2.45) is 10.9 Å². The number of oxime groups is 1. The number of nitrogens with zero attached hydrogens (tertiary/aromatic N) is 3. The van der Waals surface area contributed by atoms with Gasteiger partial charge in [-0.25, -0.2) is 9.97 Å². The summed E-state index contributed by atoms with van der Waals surface area (Å²) in [5.74, 6) is 0.915. The van der Waals surface area contributed by atoms with Crippen LogP contribution >= 0.6 is 0 Å². The standard InChI is InChI=1S/C10H10N4O3/c11-10(14-15)8-4-13-9(5-12-8)17-6-7-2-1-3-16-7/h1-5,15H,6H2,(H2,11,14). The second-order valence-corrected chi connectivity index (χ2v) is 3.09. The fourth-order valence-corrected chi connectivity index (χ4v) is 1.11. The Morgan fingerprint density at radius 1 is 1.47 bits per heavy atom. The van der Waals surface area contributed by atoms with Gasteiger partial charge in [-0.05, 0) is 12.1 Å². The van der Waals surface area contributed by atoms with E-state index in [0.717, 1.165) is 0 Å². The quantitative estimate of drug-likeness (QED) is 0.350. The highest BCUT2D eigenvalue weighted by molar-refractivity contribution is 5.94. The Kier molecular flexibility index (Phi) is 3.20. The largest absolute Gasteiger partial charge is 0.468 e. The number of aromatic nitrogens is 2. The zero-order valence-corrected chi connectivity index (χ0v) is 8.78. The molecule has 7 nitrogen and oxygen atoms in total. The van der Waals surface area contributed by atoms with Gasteiger partial charge in [-0.2, -0.15) is 0 Å². The summed E-state index contributed by atoms with van der Waals surface area (Å²) in [5.41, 5.74) is 5.61. The van der Waals surface area contributed by atoms with Crippen LogP contribution in [0.15, 0.2) is 40.4 Å². The lowest BCUT2D eigenvalue weighted by Crippen LogP contribution is -2.15. The van der Waals surface area contributed by atoms with E-state index in [1.54, 1.807) is 18.4 Å². The number of ether oxygens (including phenoxy) is 1. The fraction of sp³-hybridized carbons (Fsp3) is 0.100. The summed E-state index contributed by atoms with van der Waals surface area (Å²) in [5, 5.41) is 11.2. The molecular weight excluding hydrogens is 224 g/mol.